The number of amides is 2. The van der Waals surface area contributed by atoms with Crippen molar-refractivity contribution in [2.24, 2.45) is 0 Å². The number of nitrogens with one attached hydrogen (secondary N) is 1. The topological polar surface area (TPSA) is 52.7 Å². The highest BCUT2D eigenvalue weighted by molar-refractivity contribution is 6.06. The average Bonchev–Trinajstić information content (AvgIpc) is 3.20. The predicted molar refractivity (Wildman–Crippen MR) is 97.4 cm³/mol. The maximum Gasteiger partial charge on any atom is 0.235 e. The van der Waals surface area contributed by atoms with Crippen LogP contribution in [0.3, 0.4) is 0 Å². The number of nitrogens with zero attached hydrogens (tertiary/aromatic N) is 2. The molecule has 2 aliphatic heterocycles. The van der Waals surface area contributed by atoms with E-state index < -0.39 is 0 Å². The summed E-state index contributed by atoms with van der Waals surface area (Å²) in [6, 6.07) is 9.02. The number of likely N-dealkylation sites (tertiary alicyclic amines) is 1. The van der Waals surface area contributed by atoms with E-state index in [1.165, 1.54) is 5.56 Å². The van der Waals surface area contributed by atoms with E-state index in [0.717, 1.165) is 50.9 Å². The number of carbonyl (C=O) groups excluding carboxylic acids is 2. The first kappa shape index (κ1) is 16.6. The van der Waals surface area contributed by atoms with Gasteiger partial charge >= 0.3 is 0 Å². The maximum absolute atomic E-state index is 12.7. The molecule has 1 saturated heterocycles. The van der Waals surface area contributed by atoms with Crippen molar-refractivity contribution >= 4 is 17.5 Å². The number of anilines is 1. The molecule has 0 radical (unpaired) electrons. The van der Waals surface area contributed by atoms with Crippen molar-refractivity contribution in [3.05, 3.63) is 29.8 Å². The molecule has 2 fully saturated rings. The Labute approximate surface area is 149 Å². The molecule has 25 heavy (non-hydrogen) atoms. The number of carbonyl (C=O) groups is 2. The zero-order valence-electron chi connectivity index (χ0n) is 15.1. The van der Waals surface area contributed by atoms with Crippen molar-refractivity contribution in [1.82, 2.24) is 9.80 Å². The Morgan fingerprint density at radius 3 is 2.68 bits per heavy atom. The van der Waals surface area contributed by atoms with E-state index in [9.17, 15) is 9.59 Å². The van der Waals surface area contributed by atoms with Crippen molar-refractivity contribution in [3.8, 4) is 0 Å². The van der Waals surface area contributed by atoms with Gasteiger partial charge in [-0.05, 0) is 43.7 Å². The lowest BCUT2D eigenvalue weighted by molar-refractivity contribution is -0.129. The Morgan fingerprint density at radius 2 is 1.96 bits per heavy atom. The van der Waals surface area contributed by atoms with Crippen molar-refractivity contribution < 1.29 is 9.59 Å². The molecule has 2 amide bonds. The number of hydrogen-bond donors (Lipinski definition) is 1. The van der Waals surface area contributed by atoms with Crippen LogP contribution in [-0.2, 0) is 15.0 Å². The third kappa shape index (κ3) is 2.65. The van der Waals surface area contributed by atoms with Gasteiger partial charge in [0.25, 0.3) is 0 Å². The second kappa shape index (κ2) is 6.13. The molecule has 1 aromatic rings. The molecule has 0 bridgehead atoms. The first-order chi connectivity index (χ1) is 12.0. The lowest BCUT2D eigenvalue weighted by Crippen LogP contribution is -2.45. The molecule has 2 heterocycles. The Morgan fingerprint density at radius 1 is 1.24 bits per heavy atom. The monoisotopic (exact) mass is 341 g/mol. The summed E-state index contributed by atoms with van der Waals surface area (Å²) >= 11 is 0. The fourth-order valence-electron chi connectivity index (χ4n) is 5.00. The molecule has 1 N–H and O–H groups in total. The molecule has 1 saturated carbocycles. The first-order valence-electron chi connectivity index (χ1n) is 9.40. The summed E-state index contributed by atoms with van der Waals surface area (Å²) in [6.07, 6.45) is 5.01. The van der Waals surface area contributed by atoms with Gasteiger partial charge in [0.2, 0.25) is 11.8 Å². The number of hydrogen-bond acceptors (Lipinski definition) is 3. The summed E-state index contributed by atoms with van der Waals surface area (Å²) in [4.78, 5) is 28.7. The van der Waals surface area contributed by atoms with Crippen LogP contribution < -0.4 is 5.32 Å². The lowest BCUT2D eigenvalue weighted by atomic mass is 9.68. The third-order valence-corrected chi connectivity index (χ3v) is 6.69. The van der Waals surface area contributed by atoms with Gasteiger partial charge in [0.1, 0.15) is 0 Å². The fourth-order valence-corrected chi connectivity index (χ4v) is 5.00. The molecule has 0 aromatic heterocycles. The van der Waals surface area contributed by atoms with E-state index in [0.29, 0.717) is 12.1 Å². The van der Waals surface area contributed by atoms with Gasteiger partial charge in [-0.1, -0.05) is 18.2 Å². The van der Waals surface area contributed by atoms with Crippen molar-refractivity contribution in [1.29, 1.82) is 0 Å². The number of para-hydroxylation sites is 1. The van der Waals surface area contributed by atoms with E-state index in [-0.39, 0.29) is 17.2 Å². The largest absolute Gasteiger partial charge is 0.342 e. The van der Waals surface area contributed by atoms with Crippen LogP contribution in [0.2, 0.25) is 0 Å². The standard InChI is InChI=1S/C20H27N3O2/c1-14(24)22(2)16-9-12-23(13-16)15-7-10-20(11-8-15)17-5-3-4-6-18(17)21-19(20)25/h3-6,15-16H,7-13H2,1-2H3,(H,21,25)/t15?,16-,20?/m0/s1. The van der Waals surface area contributed by atoms with Crippen molar-refractivity contribution in [2.75, 3.05) is 25.5 Å². The molecule has 134 valence electrons. The third-order valence-electron chi connectivity index (χ3n) is 6.69. The molecule has 1 atom stereocenters. The van der Waals surface area contributed by atoms with Crippen LogP contribution in [0.1, 0.15) is 44.6 Å². The van der Waals surface area contributed by atoms with Gasteiger partial charge in [-0.25, -0.2) is 0 Å². The maximum atomic E-state index is 12.7. The first-order valence-corrected chi connectivity index (χ1v) is 9.40. The number of likely N-dealkylation sites (N-methyl/N-ethyl adjacent to an activating group) is 1. The highest BCUT2D eigenvalue weighted by Crippen LogP contribution is 2.48. The van der Waals surface area contributed by atoms with E-state index in [1.807, 2.05) is 30.1 Å². The van der Waals surface area contributed by atoms with Crippen LogP contribution in [0.4, 0.5) is 5.69 Å². The van der Waals surface area contributed by atoms with Crippen LogP contribution in [0.25, 0.3) is 0 Å². The van der Waals surface area contributed by atoms with Gasteiger partial charge in [-0.15, -0.1) is 0 Å². The molecule has 1 aromatic carbocycles. The summed E-state index contributed by atoms with van der Waals surface area (Å²) in [5, 5.41) is 3.08. The number of rotatable bonds is 2. The SMILES string of the molecule is CC(=O)N(C)[C@H]1CCN(C2CCC3(CC2)C(=O)Nc2ccccc23)C1. The van der Waals surface area contributed by atoms with Crippen molar-refractivity contribution in [3.63, 3.8) is 0 Å². The van der Waals surface area contributed by atoms with E-state index >= 15 is 0 Å². The molecular weight excluding hydrogens is 314 g/mol. The predicted octanol–water partition coefficient (Wildman–Crippen LogP) is 2.37. The summed E-state index contributed by atoms with van der Waals surface area (Å²) in [5.41, 5.74) is 1.87. The Hall–Kier alpha value is -1.88. The van der Waals surface area contributed by atoms with Gasteiger partial charge in [-0.3, -0.25) is 14.5 Å². The summed E-state index contributed by atoms with van der Waals surface area (Å²) in [6.45, 7) is 3.67. The molecule has 4 rings (SSSR count). The minimum absolute atomic E-state index is 0.147. The van der Waals surface area contributed by atoms with Gasteiger partial charge in [0.15, 0.2) is 0 Å². The normalized spacial score (nSPS) is 31.8. The summed E-state index contributed by atoms with van der Waals surface area (Å²) in [7, 11) is 1.91. The minimum atomic E-state index is -0.317. The van der Waals surface area contributed by atoms with Crippen LogP contribution in [0.5, 0.6) is 0 Å². The minimum Gasteiger partial charge on any atom is -0.342 e. The van der Waals surface area contributed by atoms with Gasteiger partial charge in [0, 0.05) is 44.8 Å². The molecule has 3 aliphatic rings. The van der Waals surface area contributed by atoms with E-state index in [4.69, 9.17) is 0 Å². The van der Waals surface area contributed by atoms with Crippen LogP contribution in [0.15, 0.2) is 24.3 Å². The molecule has 0 unspecified atom stereocenters. The Kier molecular flexibility index (Phi) is 4.07. The van der Waals surface area contributed by atoms with Crippen LogP contribution >= 0.6 is 0 Å². The van der Waals surface area contributed by atoms with Crippen molar-refractivity contribution in [2.45, 2.75) is 56.5 Å². The molecule has 5 nitrogen and oxygen atoms in total. The fraction of sp³-hybridized carbons (Fsp3) is 0.600. The lowest BCUT2D eigenvalue weighted by Gasteiger charge is -2.39. The zero-order chi connectivity index (χ0) is 17.6. The van der Waals surface area contributed by atoms with Crippen LogP contribution in [-0.4, -0.2) is 53.8 Å². The second-order valence-corrected chi connectivity index (χ2v) is 7.88. The van der Waals surface area contributed by atoms with Gasteiger partial charge in [-0.2, -0.15) is 0 Å². The van der Waals surface area contributed by atoms with Gasteiger partial charge in [0.05, 0.1) is 5.41 Å². The smallest absolute Gasteiger partial charge is 0.235 e. The summed E-state index contributed by atoms with van der Waals surface area (Å²) < 4.78 is 0. The van der Waals surface area contributed by atoms with Gasteiger partial charge < -0.3 is 10.2 Å². The average molecular weight is 341 g/mol. The quantitative estimate of drug-likeness (QED) is 0.898. The number of benzene rings is 1. The molecular formula is C20H27N3O2. The summed E-state index contributed by atoms with van der Waals surface area (Å²) in [5.74, 6) is 0.330. The Balaban J connectivity index is 1.43. The number of fused-ring (bicyclic) bond motifs is 2. The highest BCUT2D eigenvalue weighted by Gasteiger charge is 2.49. The van der Waals surface area contributed by atoms with Crippen LogP contribution in [0, 0.1) is 0 Å². The highest BCUT2D eigenvalue weighted by atomic mass is 16.2. The van der Waals surface area contributed by atoms with E-state index in [2.05, 4.69) is 16.3 Å². The molecule has 5 heteroatoms. The van der Waals surface area contributed by atoms with E-state index in [1.54, 1.807) is 6.92 Å². The second-order valence-electron chi connectivity index (χ2n) is 7.88. The Bertz CT molecular complexity index is 694. The molecule has 1 spiro atoms. The molecule has 1 aliphatic carbocycles. The zero-order valence-corrected chi connectivity index (χ0v) is 15.1.